The van der Waals surface area contributed by atoms with E-state index >= 15 is 0 Å². The van der Waals surface area contributed by atoms with Crippen LogP contribution in [0, 0.1) is 6.92 Å². The van der Waals surface area contributed by atoms with Crippen LogP contribution in [0.5, 0.6) is 5.75 Å². The summed E-state index contributed by atoms with van der Waals surface area (Å²) in [7, 11) is 1.63. The van der Waals surface area contributed by atoms with Crippen molar-refractivity contribution in [2.24, 2.45) is 0 Å². The highest BCUT2D eigenvalue weighted by Gasteiger charge is 2.06. The van der Waals surface area contributed by atoms with Gasteiger partial charge in [0, 0.05) is 0 Å². The SMILES string of the molecule is C=Cc1ccc(-n2cnc(C)n2)c(OC)c1. The summed E-state index contributed by atoms with van der Waals surface area (Å²) in [6, 6.07) is 5.81. The first-order chi connectivity index (χ1) is 7.74. The van der Waals surface area contributed by atoms with Crippen molar-refractivity contribution in [3.05, 3.63) is 42.5 Å². The summed E-state index contributed by atoms with van der Waals surface area (Å²) in [5, 5.41) is 4.24. The Labute approximate surface area is 94.2 Å². The molecule has 0 unspecified atom stereocenters. The fraction of sp³-hybridized carbons (Fsp3) is 0.167. The lowest BCUT2D eigenvalue weighted by atomic mass is 10.2. The molecule has 4 heteroatoms. The van der Waals surface area contributed by atoms with Gasteiger partial charge in [0.15, 0.2) is 0 Å². The van der Waals surface area contributed by atoms with Crippen LogP contribution in [0.25, 0.3) is 11.8 Å². The molecule has 82 valence electrons. The summed E-state index contributed by atoms with van der Waals surface area (Å²) in [6.07, 6.45) is 3.44. The van der Waals surface area contributed by atoms with E-state index in [0.29, 0.717) is 0 Å². The highest BCUT2D eigenvalue weighted by atomic mass is 16.5. The molecule has 0 aliphatic rings. The van der Waals surface area contributed by atoms with Crippen LogP contribution in [-0.4, -0.2) is 21.9 Å². The number of hydrogen-bond acceptors (Lipinski definition) is 3. The highest BCUT2D eigenvalue weighted by Crippen LogP contribution is 2.23. The molecule has 0 fully saturated rings. The Morgan fingerprint density at radius 3 is 2.81 bits per heavy atom. The summed E-state index contributed by atoms with van der Waals surface area (Å²) in [4.78, 5) is 4.09. The van der Waals surface area contributed by atoms with E-state index in [1.807, 2.05) is 25.1 Å². The molecule has 4 nitrogen and oxygen atoms in total. The van der Waals surface area contributed by atoms with E-state index in [9.17, 15) is 0 Å². The minimum atomic E-state index is 0.731. The lowest BCUT2D eigenvalue weighted by Crippen LogP contribution is -1.99. The predicted molar refractivity (Wildman–Crippen MR) is 62.7 cm³/mol. The summed E-state index contributed by atoms with van der Waals surface area (Å²) in [6.45, 7) is 5.57. The molecule has 1 aromatic carbocycles. The number of aryl methyl sites for hydroxylation is 1. The zero-order valence-corrected chi connectivity index (χ0v) is 9.34. The van der Waals surface area contributed by atoms with Gasteiger partial charge in [-0.3, -0.25) is 0 Å². The minimum Gasteiger partial charge on any atom is -0.494 e. The Morgan fingerprint density at radius 1 is 1.44 bits per heavy atom. The summed E-state index contributed by atoms with van der Waals surface area (Å²) < 4.78 is 7.01. The van der Waals surface area contributed by atoms with Gasteiger partial charge in [0.05, 0.1) is 7.11 Å². The summed E-state index contributed by atoms with van der Waals surface area (Å²) in [5.74, 6) is 1.48. The average Bonchev–Trinajstić information content (AvgIpc) is 2.74. The highest BCUT2D eigenvalue weighted by molar-refractivity contribution is 5.56. The van der Waals surface area contributed by atoms with Gasteiger partial charge in [0.1, 0.15) is 23.6 Å². The van der Waals surface area contributed by atoms with Crippen molar-refractivity contribution in [1.82, 2.24) is 14.8 Å². The zero-order chi connectivity index (χ0) is 11.5. The van der Waals surface area contributed by atoms with E-state index in [4.69, 9.17) is 4.74 Å². The van der Waals surface area contributed by atoms with Crippen molar-refractivity contribution >= 4 is 6.08 Å². The Balaban J connectivity index is 2.52. The maximum atomic E-state index is 5.32. The monoisotopic (exact) mass is 215 g/mol. The minimum absolute atomic E-state index is 0.731. The van der Waals surface area contributed by atoms with Gasteiger partial charge in [0.25, 0.3) is 0 Å². The first-order valence-corrected chi connectivity index (χ1v) is 4.93. The van der Waals surface area contributed by atoms with E-state index in [1.165, 1.54) is 0 Å². The number of benzene rings is 1. The van der Waals surface area contributed by atoms with Gasteiger partial charge < -0.3 is 4.74 Å². The number of ether oxygens (including phenoxy) is 1. The molecule has 0 atom stereocenters. The standard InChI is InChI=1S/C12H13N3O/c1-4-10-5-6-11(12(7-10)16-3)15-8-13-9(2)14-15/h4-8H,1H2,2-3H3. The normalized spacial score (nSPS) is 10.1. The molecule has 0 aliphatic heterocycles. The molecular weight excluding hydrogens is 202 g/mol. The van der Waals surface area contributed by atoms with Gasteiger partial charge in [-0.15, -0.1) is 0 Å². The van der Waals surface area contributed by atoms with Gasteiger partial charge in [-0.05, 0) is 24.6 Å². The lowest BCUT2D eigenvalue weighted by Gasteiger charge is -2.08. The molecule has 0 radical (unpaired) electrons. The molecule has 0 saturated carbocycles. The molecule has 0 N–H and O–H groups in total. The number of methoxy groups -OCH3 is 1. The van der Waals surface area contributed by atoms with Crippen LogP contribution in [0.4, 0.5) is 0 Å². The van der Waals surface area contributed by atoms with Crippen molar-refractivity contribution < 1.29 is 4.74 Å². The van der Waals surface area contributed by atoms with Crippen LogP contribution >= 0.6 is 0 Å². The molecule has 2 aromatic rings. The maximum absolute atomic E-state index is 5.32. The van der Waals surface area contributed by atoms with Crippen LogP contribution in [-0.2, 0) is 0 Å². The third-order valence-corrected chi connectivity index (χ3v) is 2.29. The fourth-order valence-corrected chi connectivity index (χ4v) is 1.47. The Kier molecular flexibility index (Phi) is 2.72. The third-order valence-electron chi connectivity index (χ3n) is 2.29. The van der Waals surface area contributed by atoms with Crippen molar-refractivity contribution in [2.75, 3.05) is 7.11 Å². The molecule has 0 saturated heterocycles. The van der Waals surface area contributed by atoms with Gasteiger partial charge in [-0.2, -0.15) is 5.10 Å². The lowest BCUT2D eigenvalue weighted by molar-refractivity contribution is 0.411. The van der Waals surface area contributed by atoms with E-state index in [-0.39, 0.29) is 0 Å². The van der Waals surface area contributed by atoms with Crippen LogP contribution in [0.2, 0.25) is 0 Å². The van der Waals surface area contributed by atoms with Crippen molar-refractivity contribution in [3.8, 4) is 11.4 Å². The van der Waals surface area contributed by atoms with Gasteiger partial charge >= 0.3 is 0 Å². The van der Waals surface area contributed by atoms with E-state index in [2.05, 4.69) is 16.7 Å². The van der Waals surface area contributed by atoms with Crippen molar-refractivity contribution in [3.63, 3.8) is 0 Å². The fourth-order valence-electron chi connectivity index (χ4n) is 1.47. The van der Waals surface area contributed by atoms with E-state index in [0.717, 1.165) is 22.8 Å². The number of hydrogen-bond donors (Lipinski definition) is 0. The maximum Gasteiger partial charge on any atom is 0.147 e. The second-order valence-electron chi connectivity index (χ2n) is 3.37. The molecule has 0 amide bonds. The number of nitrogens with zero attached hydrogens (tertiary/aromatic N) is 3. The largest absolute Gasteiger partial charge is 0.494 e. The van der Waals surface area contributed by atoms with Crippen LogP contribution in [0.3, 0.4) is 0 Å². The zero-order valence-electron chi connectivity index (χ0n) is 9.34. The summed E-state index contributed by atoms with van der Waals surface area (Å²) in [5.41, 5.74) is 1.88. The Bertz CT molecular complexity index is 517. The second-order valence-corrected chi connectivity index (χ2v) is 3.37. The molecule has 0 spiro atoms. The average molecular weight is 215 g/mol. The third kappa shape index (κ3) is 1.82. The first-order valence-electron chi connectivity index (χ1n) is 4.93. The number of rotatable bonds is 3. The first kappa shape index (κ1) is 10.4. The molecule has 2 rings (SSSR count). The van der Waals surface area contributed by atoms with Gasteiger partial charge in [0.2, 0.25) is 0 Å². The molecule has 0 aliphatic carbocycles. The molecular formula is C12H13N3O. The van der Waals surface area contributed by atoms with E-state index < -0.39 is 0 Å². The molecule has 1 heterocycles. The molecule has 0 bridgehead atoms. The Morgan fingerprint density at radius 2 is 2.25 bits per heavy atom. The second kappa shape index (κ2) is 4.18. The smallest absolute Gasteiger partial charge is 0.147 e. The predicted octanol–water partition coefficient (Wildman–Crippen LogP) is 2.23. The van der Waals surface area contributed by atoms with E-state index in [1.54, 1.807) is 24.2 Å². The van der Waals surface area contributed by atoms with Crippen molar-refractivity contribution in [1.29, 1.82) is 0 Å². The van der Waals surface area contributed by atoms with Crippen LogP contribution in [0.1, 0.15) is 11.4 Å². The van der Waals surface area contributed by atoms with Crippen LogP contribution in [0.15, 0.2) is 31.1 Å². The van der Waals surface area contributed by atoms with Crippen molar-refractivity contribution in [2.45, 2.75) is 6.92 Å². The van der Waals surface area contributed by atoms with Gasteiger partial charge in [-0.1, -0.05) is 18.7 Å². The van der Waals surface area contributed by atoms with Gasteiger partial charge in [-0.25, -0.2) is 9.67 Å². The summed E-state index contributed by atoms with van der Waals surface area (Å²) >= 11 is 0. The quantitative estimate of drug-likeness (QED) is 0.788. The molecule has 1 aromatic heterocycles. The number of aromatic nitrogens is 3. The molecule has 16 heavy (non-hydrogen) atoms. The Hall–Kier alpha value is -2.10. The van der Waals surface area contributed by atoms with Crippen LogP contribution < -0.4 is 4.74 Å². The topological polar surface area (TPSA) is 39.9 Å².